The normalized spacial score (nSPS) is 11.2. The van der Waals surface area contributed by atoms with Crippen molar-refractivity contribution in [3.05, 3.63) is 75.3 Å². The van der Waals surface area contributed by atoms with E-state index in [2.05, 4.69) is 45.0 Å². The number of nitro benzene ring substituents is 1. The molecule has 0 saturated carbocycles. The highest BCUT2D eigenvalue weighted by molar-refractivity contribution is 5.76. The molecule has 2 aromatic carbocycles. The van der Waals surface area contributed by atoms with Crippen molar-refractivity contribution < 1.29 is 9.72 Å². The maximum absolute atomic E-state index is 12.4. The molecule has 5 nitrogen and oxygen atoms in total. The fraction of sp³-hybridized carbons (Fsp3) is 0.381. The third-order valence-corrected chi connectivity index (χ3v) is 4.47. The van der Waals surface area contributed by atoms with Crippen LogP contribution in [0.3, 0.4) is 0 Å². The fourth-order valence-electron chi connectivity index (χ4n) is 2.78. The molecule has 0 radical (unpaired) electrons. The number of rotatable bonds is 6. The number of aryl methyl sites for hydroxylation is 1. The monoisotopic (exact) mass is 354 g/mol. The van der Waals surface area contributed by atoms with E-state index < -0.39 is 4.92 Å². The minimum absolute atomic E-state index is 0.0250. The Bertz CT molecular complexity index is 777. The largest absolute Gasteiger partial charge is 0.341 e. The average molecular weight is 354 g/mol. The first-order chi connectivity index (χ1) is 12.2. The molecule has 0 aliphatic heterocycles. The zero-order valence-electron chi connectivity index (χ0n) is 15.9. The van der Waals surface area contributed by atoms with E-state index in [4.69, 9.17) is 0 Å². The van der Waals surface area contributed by atoms with Gasteiger partial charge >= 0.3 is 0 Å². The second kappa shape index (κ2) is 8.13. The summed E-state index contributed by atoms with van der Waals surface area (Å²) in [6.07, 6.45) is 1.04. The van der Waals surface area contributed by atoms with Crippen molar-refractivity contribution in [1.29, 1.82) is 0 Å². The Balaban J connectivity index is 1.95. The molecule has 2 rings (SSSR count). The molecule has 0 unspecified atom stereocenters. The first-order valence-corrected chi connectivity index (χ1v) is 8.74. The third kappa shape index (κ3) is 5.15. The number of hydrogen-bond donors (Lipinski definition) is 0. The molecule has 0 spiro atoms. The summed E-state index contributed by atoms with van der Waals surface area (Å²) in [5.41, 5.74) is 3.08. The van der Waals surface area contributed by atoms with Gasteiger partial charge in [0.05, 0.1) is 11.5 Å². The van der Waals surface area contributed by atoms with Crippen LogP contribution in [0, 0.1) is 10.1 Å². The van der Waals surface area contributed by atoms with E-state index in [9.17, 15) is 14.9 Å². The van der Waals surface area contributed by atoms with Crippen molar-refractivity contribution in [2.75, 3.05) is 7.05 Å². The molecule has 0 atom stereocenters. The lowest BCUT2D eigenvalue weighted by molar-refractivity contribution is -0.385. The Morgan fingerprint density at radius 1 is 1.08 bits per heavy atom. The van der Waals surface area contributed by atoms with Crippen LogP contribution in [0.15, 0.2) is 48.5 Å². The van der Waals surface area contributed by atoms with E-state index in [1.165, 1.54) is 11.6 Å². The van der Waals surface area contributed by atoms with Crippen LogP contribution < -0.4 is 0 Å². The summed E-state index contributed by atoms with van der Waals surface area (Å²) in [6.45, 7) is 6.74. The van der Waals surface area contributed by atoms with Gasteiger partial charge in [0.2, 0.25) is 5.91 Å². The van der Waals surface area contributed by atoms with Gasteiger partial charge in [-0.2, -0.15) is 0 Å². The Morgan fingerprint density at radius 3 is 2.27 bits per heavy atom. The van der Waals surface area contributed by atoms with Gasteiger partial charge in [-0.05, 0) is 23.0 Å². The Kier molecular flexibility index (Phi) is 6.14. The van der Waals surface area contributed by atoms with E-state index in [-0.39, 0.29) is 23.6 Å². The predicted octanol–water partition coefficient (Wildman–Crippen LogP) is 4.48. The minimum atomic E-state index is -0.412. The SMILES string of the molecule is CN(Cc1ccccc1[N+](=O)[O-])C(=O)CCc1ccc(C(C)(C)C)cc1. The van der Waals surface area contributed by atoms with Crippen LogP contribution in [0.5, 0.6) is 0 Å². The molecule has 0 saturated heterocycles. The Labute approximate surface area is 154 Å². The zero-order valence-corrected chi connectivity index (χ0v) is 15.9. The first-order valence-electron chi connectivity index (χ1n) is 8.74. The van der Waals surface area contributed by atoms with Gasteiger partial charge in [0.1, 0.15) is 0 Å². The van der Waals surface area contributed by atoms with Gasteiger partial charge in [-0.25, -0.2) is 0 Å². The predicted molar refractivity (Wildman–Crippen MR) is 103 cm³/mol. The van der Waals surface area contributed by atoms with Crippen molar-refractivity contribution >= 4 is 11.6 Å². The quantitative estimate of drug-likeness (QED) is 0.567. The lowest BCUT2D eigenvalue weighted by Gasteiger charge is -2.19. The van der Waals surface area contributed by atoms with Crippen LogP contribution in [0.1, 0.15) is 43.9 Å². The van der Waals surface area contributed by atoms with E-state index >= 15 is 0 Å². The van der Waals surface area contributed by atoms with Crippen LogP contribution >= 0.6 is 0 Å². The molecule has 0 heterocycles. The van der Waals surface area contributed by atoms with Crippen LogP contribution in [0.2, 0.25) is 0 Å². The van der Waals surface area contributed by atoms with Crippen LogP contribution in [0.4, 0.5) is 5.69 Å². The molecule has 138 valence electrons. The van der Waals surface area contributed by atoms with Gasteiger partial charge in [0.15, 0.2) is 0 Å². The molecule has 1 amide bonds. The van der Waals surface area contributed by atoms with Gasteiger partial charge in [-0.3, -0.25) is 14.9 Å². The summed E-state index contributed by atoms with van der Waals surface area (Å²) < 4.78 is 0. The molecule has 0 aromatic heterocycles. The lowest BCUT2D eigenvalue weighted by atomic mass is 9.86. The van der Waals surface area contributed by atoms with E-state index in [0.717, 1.165) is 5.56 Å². The summed E-state index contributed by atoms with van der Waals surface area (Å²) in [7, 11) is 1.68. The summed E-state index contributed by atoms with van der Waals surface area (Å²) in [6, 6.07) is 14.9. The molecule has 5 heteroatoms. The highest BCUT2D eigenvalue weighted by atomic mass is 16.6. The summed E-state index contributed by atoms with van der Waals surface area (Å²) in [4.78, 5) is 24.6. The van der Waals surface area contributed by atoms with Crippen molar-refractivity contribution in [2.24, 2.45) is 0 Å². The van der Waals surface area contributed by atoms with Crippen molar-refractivity contribution in [3.63, 3.8) is 0 Å². The van der Waals surface area contributed by atoms with E-state index in [1.54, 1.807) is 30.1 Å². The molecular formula is C21H26N2O3. The van der Waals surface area contributed by atoms with Crippen LogP contribution in [0.25, 0.3) is 0 Å². The van der Waals surface area contributed by atoms with Gasteiger partial charge < -0.3 is 4.90 Å². The number of hydrogen-bond acceptors (Lipinski definition) is 3. The zero-order chi connectivity index (χ0) is 19.3. The highest BCUT2D eigenvalue weighted by Gasteiger charge is 2.17. The van der Waals surface area contributed by atoms with Crippen molar-refractivity contribution in [1.82, 2.24) is 4.90 Å². The Hall–Kier alpha value is -2.69. The van der Waals surface area contributed by atoms with E-state index in [1.807, 2.05) is 0 Å². The van der Waals surface area contributed by atoms with Gasteiger partial charge in [0.25, 0.3) is 5.69 Å². The summed E-state index contributed by atoms with van der Waals surface area (Å²) in [5, 5.41) is 11.1. The summed E-state index contributed by atoms with van der Waals surface area (Å²) in [5.74, 6) is -0.0250. The van der Waals surface area contributed by atoms with Gasteiger partial charge in [0, 0.05) is 25.1 Å². The molecule has 0 aliphatic carbocycles. The summed E-state index contributed by atoms with van der Waals surface area (Å²) >= 11 is 0. The van der Waals surface area contributed by atoms with Crippen molar-refractivity contribution in [2.45, 2.75) is 45.6 Å². The minimum Gasteiger partial charge on any atom is -0.341 e. The number of benzene rings is 2. The first kappa shape index (κ1) is 19.6. The lowest BCUT2D eigenvalue weighted by Crippen LogP contribution is -2.26. The van der Waals surface area contributed by atoms with Crippen LogP contribution in [-0.2, 0) is 23.2 Å². The maximum Gasteiger partial charge on any atom is 0.274 e. The maximum atomic E-state index is 12.4. The molecular weight excluding hydrogens is 328 g/mol. The smallest absolute Gasteiger partial charge is 0.274 e. The van der Waals surface area contributed by atoms with Crippen molar-refractivity contribution in [3.8, 4) is 0 Å². The number of carbonyl (C=O) groups excluding carboxylic acids is 1. The number of carbonyl (C=O) groups is 1. The Morgan fingerprint density at radius 2 is 1.69 bits per heavy atom. The molecule has 0 bridgehead atoms. The third-order valence-electron chi connectivity index (χ3n) is 4.47. The number of nitrogens with zero attached hydrogens (tertiary/aromatic N) is 2. The second-order valence-corrected chi connectivity index (χ2v) is 7.58. The molecule has 26 heavy (non-hydrogen) atoms. The number of nitro groups is 1. The highest BCUT2D eigenvalue weighted by Crippen LogP contribution is 2.23. The molecule has 0 aliphatic rings. The van der Waals surface area contributed by atoms with Gasteiger partial charge in [-0.15, -0.1) is 0 Å². The molecule has 2 aromatic rings. The topological polar surface area (TPSA) is 63.4 Å². The number of para-hydroxylation sites is 1. The van der Waals surface area contributed by atoms with Gasteiger partial charge in [-0.1, -0.05) is 63.2 Å². The second-order valence-electron chi connectivity index (χ2n) is 7.58. The average Bonchev–Trinajstić information content (AvgIpc) is 2.59. The standard InChI is InChI=1S/C21H26N2O3/c1-21(2,3)18-12-9-16(10-13-18)11-14-20(24)22(4)15-17-7-5-6-8-19(17)23(25)26/h5-10,12-13H,11,14-15H2,1-4H3. The fourth-order valence-corrected chi connectivity index (χ4v) is 2.78. The molecule has 0 N–H and O–H groups in total. The number of amides is 1. The van der Waals surface area contributed by atoms with Crippen LogP contribution in [-0.4, -0.2) is 22.8 Å². The molecule has 0 fully saturated rings. The van der Waals surface area contributed by atoms with E-state index in [0.29, 0.717) is 18.4 Å².